The smallest absolute Gasteiger partial charge is 0.243 e. The van der Waals surface area contributed by atoms with Gasteiger partial charge in [-0.05, 0) is 49.9 Å². The third-order valence-corrected chi connectivity index (χ3v) is 6.37. The van der Waals surface area contributed by atoms with Crippen LogP contribution in [0.15, 0.2) is 24.3 Å². The van der Waals surface area contributed by atoms with E-state index in [0.29, 0.717) is 50.0 Å². The summed E-state index contributed by atoms with van der Waals surface area (Å²) in [5, 5.41) is 9.45. The average molecular weight is 511 g/mol. The monoisotopic (exact) mass is 510 g/mol. The number of carbonyl (C=O) groups excluding carboxylic acids is 1. The van der Waals surface area contributed by atoms with Crippen LogP contribution in [0.25, 0.3) is 22.3 Å². The molecule has 0 saturated carbocycles. The third kappa shape index (κ3) is 6.03. The highest BCUT2D eigenvalue weighted by Crippen LogP contribution is 2.38. The third-order valence-electron chi connectivity index (χ3n) is 6.37. The summed E-state index contributed by atoms with van der Waals surface area (Å²) in [6.07, 6.45) is 1.59. The number of carbonyl (C=O) groups is 1. The highest BCUT2D eigenvalue weighted by molar-refractivity contribution is 5.97. The number of rotatable bonds is 10. The number of benzene rings is 2. The molecule has 0 atom stereocenters. The van der Waals surface area contributed by atoms with Gasteiger partial charge in [-0.25, -0.2) is 15.4 Å². The molecule has 10 nitrogen and oxygen atoms in total. The molecule has 2 heterocycles. The Hall–Kier alpha value is -3.63. The molecular weight excluding hydrogens is 476 g/mol. The van der Waals surface area contributed by atoms with E-state index in [9.17, 15) is 4.79 Å². The topological polar surface area (TPSA) is 115 Å². The number of hydrogen-bond donors (Lipinski definition) is 2. The Morgan fingerprint density at radius 1 is 1.05 bits per heavy atom. The lowest BCUT2D eigenvalue weighted by Crippen LogP contribution is -2.37. The lowest BCUT2D eigenvalue weighted by molar-refractivity contribution is -0.129. The number of unbranched alkanes of at least 4 members (excludes halogenated alkanes) is 1. The molecule has 198 valence electrons. The van der Waals surface area contributed by atoms with Crippen molar-refractivity contribution in [2.24, 2.45) is 0 Å². The number of amides is 1. The van der Waals surface area contributed by atoms with Gasteiger partial charge < -0.3 is 23.8 Å². The van der Waals surface area contributed by atoms with Gasteiger partial charge in [0.05, 0.1) is 44.9 Å². The quantitative estimate of drug-likeness (QED) is 0.239. The van der Waals surface area contributed by atoms with Crippen LogP contribution in [0.3, 0.4) is 0 Å². The first-order valence-electron chi connectivity index (χ1n) is 12.4. The van der Waals surface area contributed by atoms with Gasteiger partial charge in [-0.2, -0.15) is 0 Å². The molecule has 2 aromatic carbocycles. The number of morpholine rings is 1. The second-order valence-corrected chi connectivity index (χ2v) is 8.97. The molecular formula is C27H34N4O6. The van der Waals surface area contributed by atoms with Crippen LogP contribution in [0.2, 0.25) is 0 Å². The minimum absolute atomic E-state index is 0.261. The van der Waals surface area contributed by atoms with Gasteiger partial charge in [-0.3, -0.25) is 10.0 Å². The average Bonchev–Trinajstić information content (AvgIpc) is 2.92. The summed E-state index contributed by atoms with van der Waals surface area (Å²) in [6, 6.07) is 7.82. The molecule has 1 saturated heterocycles. The number of ether oxygens (including phenoxy) is 4. The van der Waals surface area contributed by atoms with Crippen LogP contribution in [0, 0.1) is 13.8 Å². The van der Waals surface area contributed by atoms with Gasteiger partial charge >= 0.3 is 0 Å². The molecule has 10 heteroatoms. The minimum atomic E-state index is -0.390. The van der Waals surface area contributed by atoms with E-state index < -0.39 is 5.91 Å². The molecule has 0 radical (unpaired) electrons. The van der Waals surface area contributed by atoms with Crippen molar-refractivity contribution in [1.29, 1.82) is 0 Å². The Morgan fingerprint density at radius 3 is 2.43 bits per heavy atom. The lowest BCUT2D eigenvalue weighted by Gasteiger charge is -2.29. The molecule has 3 aromatic rings. The fraction of sp³-hybridized carbons (Fsp3) is 0.444. The van der Waals surface area contributed by atoms with Crippen molar-refractivity contribution in [3.8, 4) is 28.6 Å². The van der Waals surface area contributed by atoms with Crippen molar-refractivity contribution in [2.45, 2.75) is 33.1 Å². The van der Waals surface area contributed by atoms with Crippen LogP contribution in [0.4, 0.5) is 5.82 Å². The predicted octanol–water partition coefficient (Wildman–Crippen LogP) is 3.82. The second kappa shape index (κ2) is 12.1. The fourth-order valence-electron chi connectivity index (χ4n) is 4.52. The molecule has 37 heavy (non-hydrogen) atoms. The van der Waals surface area contributed by atoms with Crippen LogP contribution in [0.5, 0.6) is 17.2 Å². The van der Waals surface area contributed by atoms with Crippen molar-refractivity contribution in [1.82, 2.24) is 15.4 Å². The standard InChI is InChI=1S/C27H34N4O6/c1-17-13-19(14-18(2)25(17)37-10-6-5-7-23(32)30-33)26-28-21-15-20(34-3)16-22(35-4)24(21)27(29-26)31-8-11-36-12-9-31/h13-16,33H,5-12H2,1-4H3,(H,30,32). The minimum Gasteiger partial charge on any atom is -0.497 e. The molecule has 1 aliphatic heterocycles. The first kappa shape index (κ1) is 26.4. The van der Waals surface area contributed by atoms with E-state index in [1.807, 2.05) is 38.1 Å². The molecule has 0 bridgehead atoms. The van der Waals surface area contributed by atoms with Crippen LogP contribution < -0.4 is 24.6 Å². The number of aromatic nitrogens is 2. The van der Waals surface area contributed by atoms with E-state index in [1.54, 1.807) is 19.7 Å². The van der Waals surface area contributed by atoms with E-state index in [0.717, 1.165) is 52.3 Å². The maximum atomic E-state index is 11.2. The van der Waals surface area contributed by atoms with Crippen molar-refractivity contribution >= 4 is 22.6 Å². The summed E-state index contributed by atoms with van der Waals surface area (Å²) in [5.41, 5.74) is 5.23. The van der Waals surface area contributed by atoms with Crippen LogP contribution in [-0.2, 0) is 9.53 Å². The zero-order valence-electron chi connectivity index (χ0n) is 21.8. The van der Waals surface area contributed by atoms with Gasteiger partial charge in [0.2, 0.25) is 5.91 Å². The zero-order chi connectivity index (χ0) is 26.4. The maximum Gasteiger partial charge on any atom is 0.243 e. The van der Waals surface area contributed by atoms with Crippen LogP contribution in [0.1, 0.15) is 30.4 Å². The predicted molar refractivity (Wildman–Crippen MR) is 140 cm³/mol. The summed E-state index contributed by atoms with van der Waals surface area (Å²) >= 11 is 0. The molecule has 0 aliphatic carbocycles. The van der Waals surface area contributed by atoms with Crippen molar-refractivity contribution < 1.29 is 28.9 Å². The lowest BCUT2D eigenvalue weighted by atomic mass is 10.0. The Labute approximate surface area is 216 Å². The molecule has 0 spiro atoms. The summed E-state index contributed by atoms with van der Waals surface area (Å²) in [4.78, 5) is 23.3. The second-order valence-electron chi connectivity index (χ2n) is 8.97. The molecule has 1 amide bonds. The number of nitrogens with zero attached hydrogens (tertiary/aromatic N) is 3. The highest BCUT2D eigenvalue weighted by Gasteiger charge is 2.22. The summed E-state index contributed by atoms with van der Waals surface area (Å²) in [6.45, 7) is 7.20. The molecule has 1 fully saturated rings. The Bertz CT molecular complexity index is 1240. The van der Waals surface area contributed by atoms with Gasteiger partial charge in [0.1, 0.15) is 23.1 Å². The number of fused-ring (bicyclic) bond motifs is 1. The zero-order valence-corrected chi connectivity index (χ0v) is 21.8. The summed E-state index contributed by atoms with van der Waals surface area (Å²) < 4.78 is 22.8. The van der Waals surface area contributed by atoms with Gasteiger partial charge in [-0.15, -0.1) is 0 Å². The van der Waals surface area contributed by atoms with Crippen LogP contribution >= 0.6 is 0 Å². The van der Waals surface area contributed by atoms with Gasteiger partial charge in [0.15, 0.2) is 5.82 Å². The SMILES string of the molecule is COc1cc(OC)c2c(N3CCOCC3)nc(-c3cc(C)c(OCCCCC(=O)NO)c(C)c3)nc2c1. The molecule has 0 unspecified atom stereocenters. The van der Waals surface area contributed by atoms with Crippen molar-refractivity contribution in [3.05, 3.63) is 35.4 Å². The van der Waals surface area contributed by atoms with E-state index in [-0.39, 0.29) is 6.42 Å². The molecule has 4 rings (SSSR count). The fourth-order valence-corrected chi connectivity index (χ4v) is 4.52. The first-order valence-corrected chi connectivity index (χ1v) is 12.4. The summed E-state index contributed by atoms with van der Waals surface area (Å²) in [5.74, 6) is 3.17. The van der Waals surface area contributed by atoms with E-state index >= 15 is 0 Å². The molecule has 2 N–H and O–H groups in total. The summed E-state index contributed by atoms with van der Waals surface area (Å²) in [7, 11) is 3.26. The number of aryl methyl sites for hydroxylation is 2. The van der Waals surface area contributed by atoms with Crippen molar-refractivity contribution in [2.75, 3.05) is 52.0 Å². The van der Waals surface area contributed by atoms with E-state index in [4.69, 9.17) is 34.1 Å². The number of methoxy groups -OCH3 is 2. The number of hydrogen-bond acceptors (Lipinski definition) is 9. The maximum absolute atomic E-state index is 11.2. The van der Waals surface area contributed by atoms with Crippen LogP contribution in [-0.4, -0.2) is 68.2 Å². The highest BCUT2D eigenvalue weighted by atomic mass is 16.5. The van der Waals surface area contributed by atoms with Gasteiger partial charge in [0.25, 0.3) is 0 Å². The van der Waals surface area contributed by atoms with Crippen molar-refractivity contribution in [3.63, 3.8) is 0 Å². The molecule has 1 aromatic heterocycles. The molecule has 1 aliphatic rings. The Balaban J connectivity index is 1.68. The number of nitrogens with one attached hydrogen (secondary N) is 1. The number of anilines is 1. The first-order chi connectivity index (χ1) is 17.9. The Kier molecular flexibility index (Phi) is 8.62. The normalized spacial score (nSPS) is 13.5. The van der Waals surface area contributed by atoms with Gasteiger partial charge in [0, 0.05) is 37.2 Å². The van der Waals surface area contributed by atoms with Gasteiger partial charge in [-0.1, -0.05) is 0 Å². The largest absolute Gasteiger partial charge is 0.497 e. The van der Waals surface area contributed by atoms with E-state index in [1.165, 1.54) is 0 Å². The number of hydroxylamine groups is 1. The van der Waals surface area contributed by atoms with E-state index in [2.05, 4.69) is 4.90 Å². The Morgan fingerprint density at radius 2 is 1.78 bits per heavy atom.